The first kappa shape index (κ1) is 10.5. The lowest BCUT2D eigenvalue weighted by Crippen LogP contribution is -2.52. The van der Waals surface area contributed by atoms with Crippen LogP contribution in [0.5, 0.6) is 5.75 Å². The Morgan fingerprint density at radius 1 is 1.38 bits per heavy atom. The van der Waals surface area contributed by atoms with E-state index in [1.54, 1.807) is 18.2 Å². The van der Waals surface area contributed by atoms with Crippen molar-refractivity contribution in [3.05, 3.63) is 29.8 Å². The van der Waals surface area contributed by atoms with Gasteiger partial charge in [-0.2, -0.15) is 0 Å². The lowest BCUT2D eigenvalue weighted by atomic mass is 10.0. The van der Waals surface area contributed by atoms with Crippen LogP contribution in [0.1, 0.15) is 12.0 Å². The van der Waals surface area contributed by atoms with Crippen molar-refractivity contribution < 1.29 is 14.7 Å². The third-order valence-electron chi connectivity index (χ3n) is 2.41. The van der Waals surface area contributed by atoms with Crippen LogP contribution < -0.4 is 10.6 Å². The molecule has 1 aromatic rings. The van der Waals surface area contributed by atoms with Gasteiger partial charge in [0.1, 0.15) is 5.75 Å². The first-order valence-electron chi connectivity index (χ1n) is 5.02. The number of phenolic OH excluding ortho intramolecular Hbond substituents is 1. The zero-order valence-electron chi connectivity index (χ0n) is 8.56. The van der Waals surface area contributed by atoms with E-state index in [0.717, 1.165) is 5.56 Å². The fourth-order valence-corrected chi connectivity index (χ4v) is 1.77. The Labute approximate surface area is 92.5 Å². The third-order valence-corrected chi connectivity index (χ3v) is 2.41. The van der Waals surface area contributed by atoms with Crippen molar-refractivity contribution in [2.45, 2.75) is 18.9 Å². The molecular weight excluding hydrogens is 208 g/mol. The predicted molar refractivity (Wildman–Crippen MR) is 56.9 cm³/mol. The number of benzene rings is 1. The van der Waals surface area contributed by atoms with Crippen molar-refractivity contribution in [3.8, 4) is 5.75 Å². The van der Waals surface area contributed by atoms with Crippen LogP contribution in [0.3, 0.4) is 0 Å². The molecule has 0 bridgehead atoms. The number of nitrogens with one attached hydrogen (secondary N) is 2. The summed E-state index contributed by atoms with van der Waals surface area (Å²) in [5.74, 6) is -0.0852. The van der Waals surface area contributed by atoms with Crippen LogP contribution in [0.25, 0.3) is 0 Å². The Balaban J connectivity index is 2.04. The number of carbonyl (C=O) groups is 2. The molecule has 2 rings (SSSR count). The maximum Gasteiger partial charge on any atom is 0.321 e. The van der Waals surface area contributed by atoms with Crippen LogP contribution in [-0.4, -0.2) is 23.1 Å². The molecule has 5 nitrogen and oxygen atoms in total. The van der Waals surface area contributed by atoms with Crippen molar-refractivity contribution >= 4 is 11.9 Å². The zero-order valence-corrected chi connectivity index (χ0v) is 8.56. The summed E-state index contributed by atoms with van der Waals surface area (Å²) < 4.78 is 0. The molecule has 1 heterocycles. The highest BCUT2D eigenvalue weighted by Crippen LogP contribution is 2.14. The minimum absolute atomic E-state index is 0.184. The number of amides is 3. The molecule has 0 aliphatic carbocycles. The molecule has 0 radical (unpaired) electrons. The van der Waals surface area contributed by atoms with Gasteiger partial charge in [-0.15, -0.1) is 0 Å². The van der Waals surface area contributed by atoms with Gasteiger partial charge in [0, 0.05) is 12.5 Å². The van der Waals surface area contributed by atoms with E-state index in [2.05, 4.69) is 10.6 Å². The van der Waals surface area contributed by atoms with Crippen molar-refractivity contribution in [1.29, 1.82) is 0 Å². The van der Waals surface area contributed by atoms with E-state index in [1.807, 2.05) is 6.07 Å². The number of hydrogen-bond acceptors (Lipinski definition) is 3. The van der Waals surface area contributed by atoms with Gasteiger partial charge < -0.3 is 10.4 Å². The normalized spacial score (nSPS) is 20.1. The third kappa shape index (κ3) is 2.50. The maximum atomic E-state index is 11.1. The molecule has 5 heteroatoms. The number of rotatable bonds is 2. The summed E-state index contributed by atoms with van der Waals surface area (Å²) in [6, 6.07) is 6.12. The van der Waals surface area contributed by atoms with E-state index in [9.17, 15) is 14.7 Å². The van der Waals surface area contributed by atoms with Gasteiger partial charge in [0.25, 0.3) is 0 Å². The minimum atomic E-state index is -0.457. The number of urea groups is 1. The molecule has 0 spiro atoms. The lowest BCUT2D eigenvalue weighted by Gasteiger charge is -2.23. The van der Waals surface area contributed by atoms with Crippen LogP contribution in [0.4, 0.5) is 4.79 Å². The van der Waals surface area contributed by atoms with Crippen molar-refractivity contribution in [2.75, 3.05) is 0 Å². The Morgan fingerprint density at radius 3 is 2.88 bits per heavy atom. The molecule has 1 atom stereocenters. The smallest absolute Gasteiger partial charge is 0.321 e. The van der Waals surface area contributed by atoms with Gasteiger partial charge in [0.05, 0.1) is 0 Å². The van der Waals surface area contributed by atoms with Gasteiger partial charge in [-0.1, -0.05) is 12.1 Å². The van der Waals surface area contributed by atoms with E-state index in [0.29, 0.717) is 6.42 Å². The molecule has 3 amide bonds. The van der Waals surface area contributed by atoms with Crippen LogP contribution in [-0.2, 0) is 11.2 Å². The molecule has 1 aliphatic rings. The molecule has 16 heavy (non-hydrogen) atoms. The number of imide groups is 1. The summed E-state index contributed by atoms with van der Waals surface area (Å²) in [4.78, 5) is 22.2. The summed E-state index contributed by atoms with van der Waals surface area (Å²) in [6.07, 6.45) is 0.801. The van der Waals surface area contributed by atoms with E-state index in [-0.39, 0.29) is 24.1 Å². The van der Waals surface area contributed by atoms with Crippen molar-refractivity contribution in [1.82, 2.24) is 10.6 Å². The highest BCUT2D eigenvalue weighted by molar-refractivity contribution is 5.97. The molecule has 1 saturated heterocycles. The molecule has 1 unspecified atom stereocenters. The first-order chi connectivity index (χ1) is 7.63. The molecule has 0 saturated carbocycles. The number of aromatic hydroxyl groups is 1. The second kappa shape index (κ2) is 4.22. The summed E-state index contributed by atoms with van der Waals surface area (Å²) in [6.45, 7) is 0. The van der Waals surface area contributed by atoms with E-state index in [1.165, 1.54) is 0 Å². The minimum Gasteiger partial charge on any atom is -0.508 e. The van der Waals surface area contributed by atoms with Crippen molar-refractivity contribution in [2.24, 2.45) is 0 Å². The molecule has 0 aromatic heterocycles. The number of carbonyl (C=O) groups excluding carboxylic acids is 2. The number of phenols is 1. The quantitative estimate of drug-likeness (QED) is 0.680. The first-order valence-corrected chi connectivity index (χ1v) is 5.02. The van der Waals surface area contributed by atoms with Gasteiger partial charge in [-0.3, -0.25) is 10.1 Å². The number of hydrogen-bond donors (Lipinski definition) is 3. The highest BCUT2D eigenvalue weighted by atomic mass is 16.3. The van der Waals surface area contributed by atoms with E-state index < -0.39 is 6.03 Å². The van der Waals surface area contributed by atoms with Gasteiger partial charge in [-0.25, -0.2) is 4.79 Å². The Kier molecular flexibility index (Phi) is 2.76. The summed E-state index contributed by atoms with van der Waals surface area (Å²) in [7, 11) is 0. The molecule has 1 aliphatic heterocycles. The highest BCUT2D eigenvalue weighted by Gasteiger charge is 2.23. The maximum absolute atomic E-state index is 11.1. The topological polar surface area (TPSA) is 78.4 Å². The Hall–Kier alpha value is -2.04. The average molecular weight is 220 g/mol. The Bertz CT molecular complexity index is 415. The molecule has 1 fully saturated rings. The monoisotopic (exact) mass is 220 g/mol. The van der Waals surface area contributed by atoms with E-state index >= 15 is 0 Å². The fraction of sp³-hybridized carbons (Fsp3) is 0.273. The lowest BCUT2D eigenvalue weighted by molar-refractivity contribution is -0.121. The summed E-state index contributed by atoms with van der Waals surface area (Å²) >= 11 is 0. The van der Waals surface area contributed by atoms with E-state index in [4.69, 9.17) is 0 Å². The second-order valence-electron chi connectivity index (χ2n) is 3.80. The van der Waals surface area contributed by atoms with Crippen LogP contribution >= 0.6 is 0 Å². The van der Waals surface area contributed by atoms with Crippen LogP contribution in [0.15, 0.2) is 24.3 Å². The van der Waals surface area contributed by atoms with Crippen LogP contribution in [0, 0.1) is 0 Å². The van der Waals surface area contributed by atoms with Gasteiger partial charge in [0.2, 0.25) is 5.91 Å². The largest absolute Gasteiger partial charge is 0.508 e. The van der Waals surface area contributed by atoms with Gasteiger partial charge >= 0.3 is 6.03 Å². The zero-order chi connectivity index (χ0) is 11.5. The van der Waals surface area contributed by atoms with Crippen LogP contribution in [0.2, 0.25) is 0 Å². The Morgan fingerprint density at radius 2 is 2.19 bits per heavy atom. The molecule has 1 aromatic carbocycles. The van der Waals surface area contributed by atoms with Gasteiger partial charge in [0.15, 0.2) is 0 Å². The molecule has 84 valence electrons. The summed E-state index contributed by atoms with van der Waals surface area (Å²) in [5, 5.41) is 14.1. The van der Waals surface area contributed by atoms with Gasteiger partial charge in [-0.05, 0) is 24.1 Å². The average Bonchev–Trinajstić information content (AvgIpc) is 2.15. The standard InChI is InChI=1S/C11H12N2O3/c14-9-3-1-2-7(5-9)4-8-6-10(15)13-11(16)12-8/h1-3,5,8,14H,4,6H2,(H2,12,13,15,16). The summed E-state index contributed by atoms with van der Waals surface area (Å²) in [5.41, 5.74) is 0.889. The second-order valence-corrected chi connectivity index (χ2v) is 3.80. The van der Waals surface area contributed by atoms with Crippen molar-refractivity contribution in [3.63, 3.8) is 0 Å². The predicted octanol–water partition coefficient (Wildman–Crippen LogP) is 0.533. The molecular formula is C11H12N2O3. The SMILES string of the molecule is O=C1CC(Cc2cccc(O)c2)NC(=O)N1. The fourth-order valence-electron chi connectivity index (χ4n) is 1.77. The molecule has 3 N–H and O–H groups in total.